The summed E-state index contributed by atoms with van der Waals surface area (Å²) in [6.45, 7) is -0.612. The van der Waals surface area contributed by atoms with Gasteiger partial charge in [-0.1, -0.05) is 24.3 Å². The molecule has 26 heavy (non-hydrogen) atoms. The van der Waals surface area contributed by atoms with Crippen LogP contribution >= 0.6 is 0 Å². The minimum absolute atomic E-state index is 0.126. The molecule has 1 aliphatic rings. The fourth-order valence-corrected chi connectivity index (χ4v) is 2.93. The molecule has 1 atom stereocenters. The Morgan fingerprint density at radius 2 is 1.92 bits per heavy atom. The van der Waals surface area contributed by atoms with Crippen LogP contribution in [0.15, 0.2) is 36.4 Å². The van der Waals surface area contributed by atoms with Crippen LogP contribution in [0.5, 0.6) is 0 Å². The summed E-state index contributed by atoms with van der Waals surface area (Å²) >= 11 is 0. The van der Waals surface area contributed by atoms with Crippen LogP contribution in [0.3, 0.4) is 0 Å². The molecule has 0 aliphatic heterocycles. The van der Waals surface area contributed by atoms with Crippen molar-refractivity contribution in [3.63, 3.8) is 0 Å². The second-order valence-electron chi connectivity index (χ2n) is 6.07. The number of hydrazine groups is 1. The van der Waals surface area contributed by atoms with E-state index in [2.05, 4.69) is 15.8 Å². The van der Waals surface area contributed by atoms with Gasteiger partial charge in [0.25, 0.3) is 5.91 Å². The summed E-state index contributed by atoms with van der Waals surface area (Å²) in [6, 6.07) is 6.03. The summed E-state index contributed by atoms with van der Waals surface area (Å²) < 4.78 is 40.3. The molecule has 0 unspecified atom stereocenters. The first-order chi connectivity index (χ1) is 12.3. The highest BCUT2D eigenvalue weighted by Gasteiger charge is 2.38. The van der Waals surface area contributed by atoms with Gasteiger partial charge in [-0.2, -0.15) is 13.2 Å². The van der Waals surface area contributed by atoms with Gasteiger partial charge in [-0.05, 0) is 30.9 Å². The topological polar surface area (TPSA) is 76.0 Å². The van der Waals surface area contributed by atoms with E-state index in [9.17, 15) is 22.8 Å². The first kappa shape index (κ1) is 18.0. The number of hydrogen-bond donors (Lipinski definition) is 2. The van der Waals surface area contributed by atoms with Crippen molar-refractivity contribution in [3.05, 3.63) is 42.2 Å². The van der Waals surface area contributed by atoms with Crippen LogP contribution in [0.25, 0.3) is 11.0 Å². The van der Waals surface area contributed by atoms with E-state index in [-0.39, 0.29) is 29.3 Å². The highest BCUT2D eigenvalue weighted by Crippen LogP contribution is 2.31. The van der Waals surface area contributed by atoms with E-state index in [4.69, 9.17) is 0 Å². The molecule has 6 nitrogen and oxygen atoms in total. The molecule has 1 heterocycles. The normalized spacial score (nSPS) is 16.8. The number of carbonyl (C=O) groups is 2. The van der Waals surface area contributed by atoms with Gasteiger partial charge in [-0.25, -0.2) is 4.98 Å². The molecule has 0 bridgehead atoms. The Morgan fingerprint density at radius 3 is 2.62 bits per heavy atom. The van der Waals surface area contributed by atoms with Gasteiger partial charge in [0.15, 0.2) is 0 Å². The molecule has 1 aliphatic carbocycles. The summed E-state index contributed by atoms with van der Waals surface area (Å²) in [4.78, 5) is 27.4. The predicted octanol–water partition coefficient (Wildman–Crippen LogP) is 2.56. The number of nitrogens with zero attached hydrogens (tertiary/aromatic N) is 2. The van der Waals surface area contributed by atoms with E-state index in [0.717, 1.165) is 17.4 Å². The lowest BCUT2D eigenvalue weighted by molar-refractivity contribution is -0.147. The Labute approximate surface area is 147 Å². The summed E-state index contributed by atoms with van der Waals surface area (Å²) in [5, 5.41) is 0. The maximum Gasteiger partial charge on any atom is 0.449 e. The van der Waals surface area contributed by atoms with E-state index in [1.54, 1.807) is 12.1 Å². The average molecular weight is 366 g/mol. The lowest BCUT2D eigenvalue weighted by atomic mass is 10.1. The smallest absolute Gasteiger partial charge is 0.311 e. The summed E-state index contributed by atoms with van der Waals surface area (Å²) in [7, 11) is 0. The number of allylic oxidation sites excluding steroid dienone is 2. The number of alkyl halides is 3. The number of benzene rings is 1. The Kier molecular flexibility index (Phi) is 4.97. The number of aromatic nitrogens is 2. The first-order valence-electron chi connectivity index (χ1n) is 8.11. The van der Waals surface area contributed by atoms with Gasteiger partial charge in [0, 0.05) is 6.42 Å². The molecule has 0 fully saturated rings. The standard InChI is InChI=1S/C17H17F3N4O2/c18-17(19,20)16-21-12-7-3-4-8-13(12)24(16)10-15(26)23-22-14(25)9-11-5-1-2-6-11/h1,3-5,7-8,11H,2,6,9-10H2,(H,22,25)(H,23,26)/t11-/m0/s1. The second kappa shape index (κ2) is 7.19. The number of halogens is 3. The number of nitrogens with one attached hydrogen (secondary N) is 2. The molecule has 0 saturated carbocycles. The van der Waals surface area contributed by atoms with Crippen molar-refractivity contribution < 1.29 is 22.8 Å². The van der Waals surface area contributed by atoms with Crippen LogP contribution in [0.1, 0.15) is 25.1 Å². The van der Waals surface area contributed by atoms with E-state index in [0.29, 0.717) is 0 Å². The third kappa shape index (κ3) is 4.04. The number of fused-ring (bicyclic) bond motifs is 1. The van der Waals surface area contributed by atoms with Crippen LogP contribution in [0, 0.1) is 5.92 Å². The first-order valence-corrected chi connectivity index (χ1v) is 8.11. The molecule has 2 N–H and O–H groups in total. The number of imidazole rings is 1. The van der Waals surface area contributed by atoms with E-state index in [1.807, 2.05) is 12.2 Å². The number of amides is 2. The zero-order chi connectivity index (χ0) is 18.7. The van der Waals surface area contributed by atoms with Crippen molar-refractivity contribution in [2.24, 2.45) is 5.92 Å². The van der Waals surface area contributed by atoms with Crippen LogP contribution < -0.4 is 10.9 Å². The molecular weight excluding hydrogens is 349 g/mol. The van der Waals surface area contributed by atoms with E-state index >= 15 is 0 Å². The highest BCUT2D eigenvalue weighted by molar-refractivity contribution is 5.84. The highest BCUT2D eigenvalue weighted by atomic mass is 19.4. The second-order valence-corrected chi connectivity index (χ2v) is 6.07. The number of para-hydroxylation sites is 2. The largest absolute Gasteiger partial charge is 0.449 e. The van der Waals surface area contributed by atoms with Gasteiger partial charge in [0.05, 0.1) is 11.0 Å². The van der Waals surface area contributed by atoms with Gasteiger partial charge in [-0.15, -0.1) is 0 Å². The zero-order valence-corrected chi connectivity index (χ0v) is 13.7. The number of carbonyl (C=O) groups excluding carboxylic acids is 2. The van der Waals surface area contributed by atoms with E-state index < -0.39 is 24.5 Å². The van der Waals surface area contributed by atoms with Crippen molar-refractivity contribution in [2.75, 3.05) is 0 Å². The fraction of sp³-hybridized carbons (Fsp3) is 0.353. The maximum absolute atomic E-state index is 13.2. The minimum atomic E-state index is -4.70. The maximum atomic E-state index is 13.2. The Balaban J connectivity index is 1.67. The van der Waals surface area contributed by atoms with Crippen molar-refractivity contribution in [2.45, 2.75) is 32.0 Å². The molecular formula is C17H17F3N4O2. The van der Waals surface area contributed by atoms with Gasteiger partial charge in [0.2, 0.25) is 11.7 Å². The van der Waals surface area contributed by atoms with Crippen molar-refractivity contribution in [1.29, 1.82) is 0 Å². The van der Waals surface area contributed by atoms with Gasteiger partial charge in [0.1, 0.15) is 6.54 Å². The average Bonchev–Trinajstić information content (AvgIpc) is 3.21. The molecule has 0 spiro atoms. The molecule has 2 amide bonds. The van der Waals surface area contributed by atoms with Gasteiger partial charge < -0.3 is 4.57 Å². The fourth-order valence-electron chi connectivity index (χ4n) is 2.93. The molecule has 1 aromatic carbocycles. The molecule has 0 radical (unpaired) electrons. The summed E-state index contributed by atoms with van der Waals surface area (Å²) in [5.74, 6) is -2.19. The lowest BCUT2D eigenvalue weighted by Crippen LogP contribution is -2.43. The number of hydrogen-bond acceptors (Lipinski definition) is 3. The Morgan fingerprint density at radius 1 is 1.19 bits per heavy atom. The molecule has 9 heteroatoms. The third-order valence-corrected chi connectivity index (χ3v) is 4.11. The summed E-state index contributed by atoms with van der Waals surface area (Å²) in [6.07, 6.45) is 1.24. The molecule has 1 aromatic heterocycles. The molecule has 2 aromatic rings. The molecule has 138 valence electrons. The Bertz CT molecular complexity index is 857. The van der Waals surface area contributed by atoms with Crippen molar-refractivity contribution in [3.8, 4) is 0 Å². The van der Waals surface area contributed by atoms with Gasteiger partial charge >= 0.3 is 6.18 Å². The van der Waals surface area contributed by atoms with Crippen LogP contribution in [0.2, 0.25) is 0 Å². The number of rotatable bonds is 4. The third-order valence-electron chi connectivity index (χ3n) is 4.11. The van der Waals surface area contributed by atoms with Crippen LogP contribution in [0.4, 0.5) is 13.2 Å². The van der Waals surface area contributed by atoms with E-state index in [1.165, 1.54) is 12.1 Å². The SMILES string of the molecule is O=C(C[C@H]1C=CCC1)NNC(=O)Cn1c(C(F)(F)F)nc2ccccc21. The molecule has 0 saturated heterocycles. The minimum Gasteiger partial charge on any atom is -0.311 e. The Hall–Kier alpha value is -2.84. The van der Waals surface area contributed by atoms with Crippen molar-refractivity contribution in [1.82, 2.24) is 20.4 Å². The zero-order valence-electron chi connectivity index (χ0n) is 13.7. The van der Waals surface area contributed by atoms with Crippen molar-refractivity contribution >= 4 is 22.8 Å². The quantitative estimate of drug-likeness (QED) is 0.645. The lowest BCUT2D eigenvalue weighted by Gasteiger charge is -2.13. The van der Waals surface area contributed by atoms with Crippen LogP contribution in [-0.4, -0.2) is 21.4 Å². The van der Waals surface area contributed by atoms with Crippen LogP contribution in [-0.2, 0) is 22.3 Å². The van der Waals surface area contributed by atoms with Gasteiger partial charge in [-0.3, -0.25) is 20.4 Å². The summed E-state index contributed by atoms with van der Waals surface area (Å²) in [5.41, 5.74) is 4.74. The monoisotopic (exact) mass is 366 g/mol. The predicted molar refractivity (Wildman–Crippen MR) is 87.5 cm³/mol. The molecule has 3 rings (SSSR count).